The van der Waals surface area contributed by atoms with Gasteiger partial charge in [-0.2, -0.15) is 0 Å². The second-order valence-electron chi connectivity index (χ2n) is 11.1. The van der Waals surface area contributed by atoms with Crippen molar-refractivity contribution >= 4 is 23.1 Å². The molecule has 0 aromatic heterocycles. The Morgan fingerprint density at radius 3 is 1.50 bits per heavy atom. The Hall–Kier alpha value is -2.71. The first kappa shape index (κ1) is 25.9. The maximum absolute atomic E-state index is 15.5. The van der Waals surface area contributed by atoms with Crippen molar-refractivity contribution in [2.24, 2.45) is 0 Å². The first-order valence-electron chi connectivity index (χ1n) is 11.5. The fourth-order valence-electron chi connectivity index (χ4n) is 4.42. The Morgan fingerprint density at radius 2 is 1.12 bits per heavy atom. The van der Waals surface area contributed by atoms with Gasteiger partial charge in [0, 0.05) is 11.1 Å². The number of aryl methyl sites for hydroxylation is 2. The van der Waals surface area contributed by atoms with E-state index >= 15 is 4.57 Å². The van der Waals surface area contributed by atoms with Gasteiger partial charge < -0.3 is 19.5 Å². The van der Waals surface area contributed by atoms with Crippen LogP contribution in [0.25, 0.3) is 0 Å². The minimum absolute atomic E-state index is 0.00875. The number of aromatic hydroxyl groups is 2. The maximum atomic E-state index is 15.5. The molecule has 0 saturated heterocycles. The molecule has 0 aliphatic carbocycles. The molecule has 0 saturated carbocycles. The van der Waals surface area contributed by atoms with E-state index in [1.807, 2.05) is 73.6 Å². The first-order valence-corrected chi connectivity index (χ1v) is 13.3. The highest BCUT2D eigenvalue weighted by Gasteiger charge is 2.40. The quantitative estimate of drug-likeness (QED) is 0.453. The summed E-state index contributed by atoms with van der Waals surface area (Å²) in [5, 5.41) is 24.2. The Labute approximate surface area is 204 Å². The van der Waals surface area contributed by atoms with Crippen molar-refractivity contribution < 1.29 is 19.5 Å². The summed E-state index contributed by atoms with van der Waals surface area (Å²) in [6.07, 6.45) is 0. The summed E-state index contributed by atoms with van der Waals surface area (Å²) in [6, 6.07) is 14.6. The van der Waals surface area contributed by atoms with Crippen molar-refractivity contribution in [3.63, 3.8) is 0 Å². The van der Waals surface area contributed by atoms with E-state index in [9.17, 15) is 10.2 Å². The third-order valence-electron chi connectivity index (χ3n) is 6.19. The molecule has 0 aliphatic heterocycles. The average molecular weight is 481 g/mol. The molecule has 0 heterocycles. The lowest BCUT2D eigenvalue weighted by molar-refractivity contribution is 0.418. The highest BCUT2D eigenvalue weighted by Crippen LogP contribution is 2.52. The predicted octanol–water partition coefficient (Wildman–Crippen LogP) is 5.96. The highest BCUT2D eigenvalue weighted by molar-refractivity contribution is 7.85. The van der Waals surface area contributed by atoms with E-state index in [1.54, 1.807) is 30.3 Å². The molecular weight excluding hydrogens is 443 g/mol. The minimum atomic E-state index is -3.78. The molecule has 3 rings (SSSR count). The van der Waals surface area contributed by atoms with Crippen LogP contribution in [0.4, 0.5) is 0 Å². The molecule has 4 nitrogen and oxygen atoms in total. The monoisotopic (exact) mass is 480 g/mol. The topological polar surface area (TPSA) is 66.8 Å². The Bertz CT molecular complexity index is 1200. The number of benzene rings is 3. The van der Waals surface area contributed by atoms with Crippen LogP contribution in [0.3, 0.4) is 0 Å². The lowest BCUT2D eigenvalue weighted by Gasteiger charge is -2.30. The molecule has 0 aliphatic rings. The predicted molar refractivity (Wildman–Crippen MR) is 143 cm³/mol. The molecule has 0 bridgehead atoms. The van der Waals surface area contributed by atoms with Gasteiger partial charge in [-0.25, -0.2) is 0 Å². The van der Waals surface area contributed by atoms with Gasteiger partial charge in [-0.05, 0) is 60.1 Å². The lowest BCUT2D eigenvalue weighted by atomic mass is 9.85. The lowest BCUT2D eigenvalue weighted by Crippen LogP contribution is -2.30. The number of methoxy groups -OCH3 is 1. The number of phenolic OH excluding ortho intramolecular Hbond substituents is 2. The second-order valence-corrected chi connectivity index (χ2v) is 13.8. The SMILES string of the molecule is COc1ccccc1P(=O)(c1cc(C)cc(C(C)(C)C)c1O)c1cc(C)cc(C(C)(C)C)c1O. The van der Waals surface area contributed by atoms with Crippen molar-refractivity contribution in [2.45, 2.75) is 66.2 Å². The maximum Gasteiger partial charge on any atom is 0.181 e. The molecule has 3 aromatic rings. The van der Waals surface area contributed by atoms with Crippen LogP contribution in [-0.2, 0) is 15.4 Å². The molecule has 0 spiro atoms. The molecule has 5 heteroatoms. The Morgan fingerprint density at radius 1 is 0.706 bits per heavy atom. The van der Waals surface area contributed by atoms with Gasteiger partial charge in [0.25, 0.3) is 0 Å². The molecule has 2 N–H and O–H groups in total. The third kappa shape index (κ3) is 4.49. The summed E-state index contributed by atoms with van der Waals surface area (Å²) in [5.74, 6) is 0.429. The summed E-state index contributed by atoms with van der Waals surface area (Å²) in [6.45, 7) is 16.0. The van der Waals surface area contributed by atoms with Crippen LogP contribution in [-0.4, -0.2) is 17.3 Å². The number of rotatable bonds is 4. The van der Waals surface area contributed by atoms with Crippen LogP contribution < -0.4 is 20.7 Å². The van der Waals surface area contributed by atoms with Gasteiger partial charge in [0.15, 0.2) is 7.14 Å². The molecule has 0 unspecified atom stereocenters. The molecule has 0 radical (unpaired) electrons. The second kappa shape index (κ2) is 8.82. The molecule has 0 amide bonds. The van der Waals surface area contributed by atoms with Crippen LogP contribution in [0, 0.1) is 13.8 Å². The van der Waals surface area contributed by atoms with E-state index in [0.717, 1.165) is 11.1 Å². The summed E-state index contributed by atoms with van der Waals surface area (Å²) in [7, 11) is -2.24. The van der Waals surface area contributed by atoms with E-state index in [1.165, 1.54) is 7.11 Å². The van der Waals surface area contributed by atoms with Gasteiger partial charge in [-0.1, -0.05) is 65.8 Å². The van der Waals surface area contributed by atoms with E-state index in [2.05, 4.69) is 0 Å². The van der Waals surface area contributed by atoms with Gasteiger partial charge >= 0.3 is 0 Å². The van der Waals surface area contributed by atoms with E-state index in [-0.39, 0.29) is 22.3 Å². The van der Waals surface area contributed by atoms with Gasteiger partial charge in [0.2, 0.25) is 0 Å². The van der Waals surface area contributed by atoms with Gasteiger partial charge in [0.1, 0.15) is 17.2 Å². The fraction of sp³-hybridized carbons (Fsp3) is 0.379. The third-order valence-corrected chi connectivity index (χ3v) is 9.27. The molecular formula is C29H37O4P. The number of phenols is 2. The van der Waals surface area contributed by atoms with E-state index < -0.39 is 7.14 Å². The van der Waals surface area contributed by atoms with Crippen molar-refractivity contribution in [3.8, 4) is 17.2 Å². The molecule has 0 atom stereocenters. The fourth-order valence-corrected chi connectivity index (χ4v) is 7.58. The number of hydrogen-bond acceptors (Lipinski definition) is 4. The zero-order valence-corrected chi connectivity index (χ0v) is 22.7. The summed E-state index contributed by atoms with van der Waals surface area (Å²) < 4.78 is 21.1. The largest absolute Gasteiger partial charge is 0.507 e. The van der Waals surface area contributed by atoms with Gasteiger partial charge in [-0.3, -0.25) is 0 Å². The normalized spacial score (nSPS) is 12.6. The average Bonchev–Trinajstić information content (AvgIpc) is 2.74. The zero-order valence-electron chi connectivity index (χ0n) is 21.8. The van der Waals surface area contributed by atoms with Crippen LogP contribution in [0.2, 0.25) is 0 Å². The van der Waals surface area contributed by atoms with Crippen molar-refractivity contribution in [1.29, 1.82) is 0 Å². The molecule has 34 heavy (non-hydrogen) atoms. The van der Waals surface area contributed by atoms with E-state index in [4.69, 9.17) is 4.74 Å². The highest BCUT2D eigenvalue weighted by atomic mass is 31.2. The first-order chi connectivity index (χ1) is 15.6. The summed E-state index contributed by atoms with van der Waals surface area (Å²) >= 11 is 0. The molecule has 3 aromatic carbocycles. The van der Waals surface area contributed by atoms with E-state index in [0.29, 0.717) is 32.8 Å². The Balaban J connectivity index is 2.58. The number of para-hydroxylation sites is 1. The van der Waals surface area contributed by atoms with Crippen LogP contribution in [0.1, 0.15) is 63.8 Å². The van der Waals surface area contributed by atoms with Crippen LogP contribution in [0.5, 0.6) is 17.2 Å². The van der Waals surface area contributed by atoms with Crippen LogP contribution in [0.15, 0.2) is 48.5 Å². The van der Waals surface area contributed by atoms with Crippen LogP contribution >= 0.6 is 7.14 Å². The Kier molecular flexibility index (Phi) is 6.72. The molecule has 0 fully saturated rings. The standard InChI is InChI=1S/C29H37O4P/c1-18-14-20(28(3,4)5)26(30)24(16-18)34(32,23-13-11-10-12-22(23)33-9)25-17-19(2)15-21(27(25)31)29(6,7)8/h10-17,30-31H,1-9H3. The smallest absolute Gasteiger partial charge is 0.181 e. The molecule has 182 valence electrons. The van der Waals surface area contributed by atoms with Gasteiger partial charge in [0.05, 0.1) is 23.0 Å². The summed E-state index contributed by atoms with van der Waals surface area (Å²) in [5.41, 5.74) is 2.44. The zero-order chi connectivity index (χ0) is 25.6. The number of hydrogen-bond donors (Lipinski definition) is 2. The minimum Gasteiger partial charge on any atom is -0.507 e. The van der Waals surface area contributed by atoms with Gasteiger partial charge in [-0.15, -0.1) is 0 Å². The number of ether oxygens (including phenoxy) is 1. The summed E-state index contributed by atoms with van der Waals surface area (Å²) in [4.78, 5) is 0. The van der Waals surface area contributed by atoms with Crippen molar-refractivity contribution in [2.75, 3.05) is 7.11 Å². The van der Waals surface area contributed by atoms with Crippen molar-refractivity contribution in [1.82, 2.24) is 0 Å². The van der Waals surface area contributed by atoms with Crippen molar-refractivity contribution in [3.05, 3.63) is 70.8 Å².